The lowest BCUT2D eigenvalue weighted by Gasteiger charge is -2.14. The van der Waals surface area contributed by atoms with Gasteiger partial charge in [-0.1, -0.05) is 19.9 Å². The van der Waals surface area contributed by atoms with Crippen LogP contribution in [0, 0.1) is 11.8 Å². The van der Waals surface area contributed by atoms with Crippen LogP contribution in [0.4, 0.5) is 0 Å². The predicted molar refractivity (Wildman–Crippen MR) is 78.0 cm³/mol. The molecule has 1 saturated carbocycles. The summed E-state index contributed by atoms with van der Waals surface area (Å²) in [5.41, 5.74) is 1.88. The molecule has 1 unspecified atom stereocenters. The highest BCUT2D eigenvalue weighted by atomic mass is 16.4. The second-order valence-corrected chi connectivity index (χ2v) is 5.79. The zero-order chi connectivity index (χ0) is 14.3. The lowest BCUT2D eigenvalue weighted by atomic mass is 10.1. The summed E-state index contributed by atoms with van der Waals surface area (Å²) in [5.74, 6) is 1.55. The Bertz CT molecular complexity index is 656. The molecule has 0 amide bonds. The number of carboxylic acids is 1. The van der Waals surface area contributed by atoms with Crippen molar-refractivity contribution < 1.29 is 9.90 Å². The van der Waals surface area contributed by atoms with E-state index in [-0.39, 0.29) is 0 Å². The molecule has 1 aliphatic carbocycles. The van der Waals surface area contributed by atoms with Gasteiger partial charge >= 0.3 is 5.97 Å². The van der Waals surface area contributed by atoms with Gasteiger partial charge in [-0.25, -0.2) is 9.78 Å². The molecule has 1 atom stereocenters. The summed E-state index contributed by atoms with van der Waals surface area (Å²) in [6.07, 6.45) is 3.48. The van der Waals surface area contributed by atoms with Gasteiger partial charge in [0.1, 0.15) is 11.3 Å². The topological polar surface area (TPSA) is 55.1 Å². The van der Waals surface area contributed by atoms with Crippen molar-refractivity contribution in [1.29, 1.82) is 0 Å². The molecule has 1 fully saturated rings. The van der Waals surface area contributed by atoms with Crippen LogP contribution >= 0.6 is 0 Å². The first kappa shape index (κ1) is 13.2. The van der Waals surface area contributed by atoms with Crippen LogP contribution in [0.25, 0.3) is 11.0 Å². The number of fused-ring (bicyclic) bond motifs is 1. The fraction of sp³-hybridized carbons (Fsp3) is 0.500. The molecule has 4 nitrogen and oxygen atoms in total. The number of carbonyl (C=O) groups is 1. The monoisotopic (exact) mass is 272 g/mol. The van der Waals surface area contributed by atoms with Crippen molar-refractivity contribution in [2.24, 2.45) is 11.8 Å². The van der Waals surface area contributed by atoms with Crippen LogP contribution in [0.15, 0.2) is 18.2 Å². The van der Waals surface area contributed by atoms with E-state index in [1.807, 2.05) is 12.1 Å². The highest BCUT2D eigenvalue weighted by Crippen LogP contribution is 2.38. The molecule has 20 heavy (non-hydrogen) atoms. The van der Waals surface area contributed by atoms with Gasteiger partial charge in [-0.3, -0.25) is 0 Å². The van der Waals surface area contributed by atoms with Crippen molar-refractivity contribution in [3.8, 4) is 0 Å². The Morgan fingerprint density at radius 1 is 1.50 bits per heavy atom. The van der Waals surface area contributed by atoms with E-state index in [1.165, 1.54) is 12.8 Å². The summed E-state index contributed by atoms with van der Waals surface area (Å²) in [6.45, 7) is 5.29. The number of hydrogen-bond acceptors (Lipinski definition) is 2. The highest BCUT2D eigenvalue weighted by Gasteiger charge is 2.29. The SMILES string of the molecule is CCc1nc2c(C(=O)O)cccc2n1CC(C)C1CC1. The first-order chi connectivity index (χ1) is 9.61. The molecule has 1 N–H and O–H groups in total. The summed E-state index contributed by atoms with van der Waals surface area (Å²) in [6, 6.07) is 5.42. The zero-order valence-corrected chi connectivity index (χ0v) is 12.0. The molecule has 3 rings (SSSR count). The van der Waals surface area contributed by atoms with E-state index < -0.39 is 5.97 Å². The van der Waals surface area contributed by atoms with Crippen molar-refractivity contribution in [1.82, 2.24) is 9.55 Å². The van der Waals surface area contributed by atoms with Gasteiger partial charge in [-0.2, -0.15) is 0 Å². The Kier molecular flexibility index (Phi) is 3.24. The van der Waals surface area contributed by atoms with Crippen LogP contribution in [0.1, 0.15) is 42.9 Å². The molecule has 1 heterocycles. The van der Waals surface area contributed by atoms with Crippen molar-refractivity contribution in [3.05, 3.63) is 29.6 Å². The average Bonchev–Trinajstić information content (AvgIpc) is 3.22. The maximum Gasteiger partial charge on any atom is 0.337 e. The Labute approximate surface area is 118 Å². The Morgan fingerprint density at radius 2 is 2.25 bits per heavy atom. The number of hydrogen-bond donors (Lipinski definition) is 1. The summed E-state index contributed by atoms with van der Waals surface area (Å²) >= 11 is 0. The number of aryl methyl sites for hydroxylation is 1. The van der Waals surface area contributed by atoms with Gasteiger partial charge in [-0.15, -0.1) is 0 Å². The van der Waals surface area contributed by atoms with Gasteiger partial charge < -0.3 is 9.67 Å². The largest absolute Gasteiger partial charge is 0.478 e. The van der Waals surface area contributed by atoms with Crippen LogP contribution in [0.2, 0.25) is 0 Å². The Hall–Kier alpha value is -1.84. The number of nitrogens with zero attached hydrogens (tertiary/aromatic N) is 2. The van der Waals surface area contributed by atoms with Crippen LogP contribution in [-0.2, 0) is 13.0 Å². The maximum atomic E-state index is 11.3. The van der Waals surface area contributed by atoms with E-state index in [0.717, 1.165) is 30.2 Å². The van der Waals surface area contributed by atoms with Crippen LogP contribution in [-0.4, -0.2) is 20.6 Å². The minimum atomic E-state index is -0.904. The fourth-order valence-corrected chi connectivity index (χ4v) is 2.94. The van der Waals surface area contributed by atoms with Gasteiger partial charge in [0.15, 0.2) is 0 Å². The normalized spacial score (nSPS) is 16.5. The molecule has 4 heteroatoms. The first-order valence-corrected chi connectivity index (χ1v) is 7.33. The van der Waals surface area contributed by atoms with E-state index in [0.29, 0.717) is 17.0 Å². The van der Waals surface area contributed by atoms with E-state index in [1.54, 1.807) is 6.07 Å². The molecule has 106 valence electrons. The van der Waals surface area contributed by atoms with Gasteiger partial charge in [0, 0.05) is 13.0 Å². The molecule has 0 spiro atoms. The summed E-state index contributed by atoms with van der Waals surface area (Å²) in [4.78, 5) is 15.9. The molecule has 1 aromatic heterocycles. The third kappa shape index (κ3) is 2.19. The summed E-state index contributed by atoms with van der Waals surface area (Å²) < 4.78 is 2.21. The molecule has 0 aliphatic heterocycles. The number of aromatic carboxylic acids is 1. The van der Waals surface area contributed by atoms with Gasteiger partial charge in [0.05, 0.1) is 11.1 Å². The van der Waals surface area contributed by atoms with E-state index in [4.69, 9.17) is 0 Å². The number of benzene rings is 1. The van der Waals surface area contributed by atoms with Crippen molar-refractivity contribution >= 4 is 17.0 Å². The van der Waals surface area contributed by atoms with Crippen molar-refractivity contribution in [2.45, 2.75) is 39.7 Å². The van der Waals surface area contributed by atoms with Crippen molar-refractivity contribution in [2.75, 3.05) is 0 Å². The van der Waals surface area contributed by atoms with E-state index >= 15 is 0 Å². The summed E-state index contributed by atoms with van der Waals surface area (Å²) in [7, 11) is 0. The molecule has 0 bridgehead atoms. The number of rotatable bonds is 5. The zero-order valence-electron chi connectivity index (χ0n) is 12.0. The Balaban J connectivity index is 2.09. The quantitative estimate of drug-likeness (QED) is 0.908. The summed E-state index contributed by atoms with van der Waals surface area (Å²) in [5, 5.41) is 9.29. The molecule has 0 radical (unpaired) electrons. The maximum absolute atomic E-state index is 11.3. The van der Waals surface area contributed by atoms with E-state index in [9.17, 15) is 9.90 Å². The molecule has 1 aromatic carbocycles. The van der Waals surface area contributed by atoms with Gasteiger partial charge in [-0.05, 0) is 36.8 Å². The number of imidazole rings is 1. The predicted octanol–water partition coefficient (Wildman–Crippen LogP) is 3.34. The standard InChI is InChI=1S/C16H20N2O2/c1-3-14-17-15-12(16(19)20)5-4-6-13(15)18(14)9-10(2)11-7-8-11/h4-6,10-11H,3,7-9H2,1-2H3,(H,19,20). The van der Waals surface area contributed by atoms with Crippen LogP contribution in [0.5, 0.6) is 0 Å². The van der Waals surface area contributed by atoms with E-state index in [2.05, 4.69) is 23.4 Å². The minimum absolute atomic E-state index is 0.301. The third-order valence-corrected chi connectivity index (χ3v) is 4.30. The minimum Gasteiger partial charge on any atom is -0.478 e. The van der Waals surface area contributed by atoms with Gasteiger partial charge in [0.25, 0.3) is 0 Å². The molecule has 2 aromatic rings. The number of aromatic nitrogens is 2. The molecule has 0 saturated heterocycles. The molecule has 1 aliphatic rings. The van der Waals surface area contributed by atoms with Gasteiger partial charge in [0.2, 0.25) is 0 Å². The van der Waals surface area contributed by atoms with Crippen LogP contribution < -0.4 is 0 Å². The first-order valence-electron chi connectivity index (χ1n) is 7.33. The lowest BCUT2D eigenvalue weighted by Crippen LogP contribution is -2.12. The van der Waals surface area contributed by atoms with Crippen LogP contribution in [0.3, 0.4) is 0 Å². The fourth-order valence-electron chi connectivity index (χ4n) is 2.94. The van der Waals surface area contributed by atoms with Crippen molar-refractivity contribution in [3.63, 3.8) is 0 Å². The number of para-hydroxylation sites is 1. The lowest BCUT2D eigenvalue weighted by molar-refractivity contribution is 0.0699. The number of carboxylic acid groups (broad SMARTS) is 1. The Morgan fingerprint density at radius 3 is 2.85 bits per heavy atom. The third-order valence-electron chi connectivity index (χ3n) is 4.30. The second-order valence-electron chi connectivity index (χ2n) is 5.79. The highest BCUT2D eigenvalue weighted by molar-refractivity contribution is 6.01. The molecular formula is C16H20N2O2. The molecular weight excluding hydrogens is 252 g/mol. The average molecular weight is 272 g/mol. The smallest absolute Gasteiger partial charge is 0.337 e. The second kappa shape index (κ2) is 4.93.